The van der Waals surface area contributed by atoms with E-state index in [1.165, 1.54) is 4.90 Å². The van der Waals surface area contributed by atoms with Crippen LogP contribution in [0.1, 0.15) is 27.4 Å². The highest BCUT2D eigenvalue weighted by Crippen LogP contribution is 2.19. The molecule has 0 spiro atoms. The molecule has 1 aliphatic heterocycles. The Balaban J connectivity index is 1.55. The summed E-state index contributed by atoms with van der Waals surface area (Å²) in [6.45, 7) is 7.52. The highest BCUT2D eigenvalue weighted by Gasteiger charge is 2.24. The van der Waals surface area contributed by atoms with Gasteiger partial charge in [-0.15, -0.1) is 0 Å². The van der Waals surface area contributed by atoms with Crippen molar-refractivity contribution in [2.24, 2.45) is 0 Å². The summed E-state index contributed by atoms with van der Waals surface area (Å²) in [5, 5.41) is 4.01. The summed E-state index contributed by atoms with van der Waals surface area (Å²) in [6.07, 6.45) is 0. The highest BCUT2D eigenvalue weighted by molar-refractivity contribution is 5.94. The van der Waals surface area contributed by atoms with Crippen molar-refractivity contribution in [2.45, 2.75) is 20.4 Å². The molecule has 0 bridgehead atoms. The lowest BCUT2D eigenvalue weighted by atomic mass is 10.1. The van der Waals surface area contributed by atoms with Crippen LogP contribution in [0.25, 0.3) is 0 Å². The molecule has 2 aromatic rings. The van der Waals surface area contributed by atoms with Gasteiger partial charge in [-0.1, -0.05) is 11.2 Å². The number of likely N-dealkylation sites (N-methyl/N-ethyl adjacent to an activating group) is 1. The van der Waals surface area contributed by atoms with E-state index in [1.54, 1.807) is 38.4 Å². The van der Waals surface area contributed by atoms with Gasteiger partial charge in [0.1, 0.15) is 11.5 Å². The van der Waals surface area contributed by atoms with E-state index < -0.39 is 0 Å². The van der Waals surface area contributed by atoms with E-state index in [0.29, 0.717) is 24.4 Å². The summed E-state index contributed by atoms with van der Waals surface area (Å²) < 4.78 is 10.8. The van der Waals surface area contributed by atoms with Crippen LogP contribution in [0.15, 0.2) is 28.8 Å². The first-order valence-electron chi connectivity index (χ1n) is 9.71. The van der Waals surface area contributed by atoms with E-state index in [0.717, 1.165) is 36.7 Å². The topological polar surface area (TPSA) is 79.1 Å². The van der Waals surface area contributed by atoms with Crippen LogP contribution in [0.3, 0.4) is 0 Å². The second kappa shape index (κ2) is 9.09. The minimum atomic E-state index is -0.129. The van der Waals surface area contributed by atoms with Crippen LogP contribution in [0.2, 0.25) is 0 Å². The molecule has 0 aliphatic carbocycles. The quantitative estimate of drug-likeness (QED) is 0.735. The molecule has 0 atom stereocenters. The molecule has 1 aliphatic rings. The number of benzene rings is 1. The van der Waals surface area contributed by atoms with E-state index >= 15 is 0 Å². The Morgan fingerprint density at radius 2 is 1.90 bits per heavy atom. The smallest absolute Gasteiger partial charge is 0.259 e. The van der Waals surface area contributed by atoms with E-state index in [4.69, 9.17) is 9.26 Å². The summed E-state index contributed by atoms with van der Waals surface area (Å²) in [6, 6.07) is 7.00. The van der Waals surface area contributed by atoms with E-state index in [-0.39, 0.29) is 18.4 Å². The van der Waals surface area contributed by atoms with Crippen LogP contribution in [0.4, 0.5) is 0 Å². The molecule has 8 nitrogen and oxygen atoms in total. The summed E-state index contributed by atoms with van der Waals surface area (Å²) in [5.41, 5.74) is 2.62. The van der Waals surface area contributed by atoms with Gasteiger partial charge in [-0.25, -0.2) is 0 Å². The molecule has 0 unspecified atom stereocenters. The fraction of sp³-hybridized carbons (Fsp3) is 0.476. The number of carbonyl (C=O) groups excluding carboxylic acids is 2. The number of ether oxygens (including phenoxy) is 1. The molecule has 0 radical (unpaired) electrons. The SMILES string of the molecule is Cc1noc(C)c1CN1CCN(C(=O)c2cccc(OCC(=O)N(C)C)c2)CC1. The standard InChI is InChI=1S/C21H28N4O4/c1-15-19(16(2)29-22-15)13-24-8-10-25(11-9-24)21(27)17-6-5-7-18(12-17)28-14-20(26)23(3)4/h5-7,12H,8-11,13-14H2,1-4H3. The van der Waals surface area contributed by atoms with E-state index in [2.05, 4.69) is 10.1 Å². The van der Waals surface area contributed by atoms with Crippen LogP contribution < -0.4 is 4.74 Å². The Bertz CT molecular complexity index is 850. The molecule has 2 heterocycles. The number of rotatable bonds is 6. The number of aromatic nitrogens is 1. The highest BCUT2D eigenvalue weighted by atomic mass is 16.5. The van der Waals surface area contributed by atoms with Gasteiger partial charge < -0.3 is 19.1 Å². The summed E-state index contributed by atoms with van der Waals surface area (Å²) in [4.78, 5) is 30.2. The minimum Gasteiger partial charge on any atom is -0.484 e. The normalized spacial score (nSPS) is 14.7. The number of amides is 2. The van der Waals surface area contributed by atoms with Gasteiger partial charge >= 0.3 is 0 Å². The molecule has 8 heteroatoms. The molecular weight excluding hydrogens is 372 g/mol. The van der Waals surface area contributed by atoms with Crippen molar-refractivity contribution < 1.29 is 18.8 Å². The zero-order valence-corrected chi connectivity index (χ0v) is 17.5. The first-order valence-corrected chi connectivity index (χ1v) is 9.71. The Morgan fingerprint density at radius 1 is 1.17 bits per heavy atom. The van der Waals surface area contributed by atoms with Crippen molar-refractivity contribution in [1.82, 2.24) is 19.9 Å². The number of carbonyl (C=O) groups is 2. The average molecular weight is 400 g/mol. The van der Waals surface area contributed by atoms with Crippen molar-refractivity contribution in [2.75, 3.05) is 46.9 Å². The molecule has 1 fully saturated rings. The van der Waals surface area contributed by atoms with Crippen molar-refractivity contribution in [1.29, 1.82) is 0 Å². The second-order valence-corrected chi connectivity index (χ2v) is 7.48. The number of nitrogens with zero attached hydrogens (tertiary/aromatic N) is 4. The van der Waals surface area contributed by atoms with Crippen molar-refractivity contribution in [3.63, 3.8) is 0 Å². The number of piperazine rings is 1. The molecule has 0 saturated carbocycles. The van der Waals surface area contributed by atoms with Gasteiger partial charge in [0.15, 0.2) is 6.61 Å². The summed E-state index contributed by atoms with van der Waals surface area (Å²) in [7, 11) is 3.36. The molecule has 1 aromatic carbocycles. The number of aryl methyl sites for hydroxylation is 2. The lowest BCUT2D eigenvalue weighted by Gasteiger charge is -2.34. The maximum absolute atomic E-state index is 12.9. The zero-order chi connectivity index (χ0) is 21.0. The Hall–Kier alpha value is -2.87. The van der Waals surface area contributed by atoms with Gasteiger partial charge in [0.05, 0.1) is 5.69 Å². The third-order valence-corrected chi connectivity index (χ3v) is 5.16. The predicted molar refractivity (Wildman–Crippen MR) is 108 cm³/mol. The van der Waals surface area contributed by atoms with Crippen LogP contribution in [-0.2, 0) is 11.3 Å². The second-order valence-electron chi connectivity index (χ2n) is 7.48. The van der Waals surface area contributed by atoms with Crippen LogP contribution in [-0.4, -0.2) is 78.6 Å². The van der Waals surface area contributed by atoms with Crippen molar-refractivity contribution in [3.8, 4) is 5.75 Å². The van der Waals surface area contributed by atoms with Gasteiger partial charge in [0.25, 0.3) is 11.8 Å². The van der Waals surface area contributed by atoms with Gasteiger partial charge in [-0.2, -0.15) is 0 Å². The Morgan fingerprint density at radius 3 is 2.52 bits per heavy atom. The van der Waals surface area contributed by atoms with Gasteiger partial charge in [0, 0.05) is 57.9 Å². The molecule has 1 aromatic heterocycles. The minimum absolute atomic E-state index is 0.0219. The first kappa shape index (κ1) is 20.9. The molecule has 29 heavy (non-hydrogen) atoms. The Kier molecular flexibility index (Phi) is 6.53. The molecule has 2 amide bonds. The lowest BCUT2D eigenvalue weighted by molar-refractivity contribution is -0.130. The van der Waals surface area contributed by atoms with Crippen LogP contribution in [0.5, 0.6) is 5.75 Å². The predicted octanol–water partition coefficient (Wildman–Crippen LogP) is 1.72. The lowest BCUT2D eigenvalue weighted by Crippen LogP contribution is -2.48. The third-order valence-electron chi connectivity index (χ3n) is 5.16. The maximum Gasteiger partial charge on any atom is 0.259 e. The zero-order valence-electron chi connectivity index (χ0n) is 17.5. The van der Waals surface area contributed by atoms with Gasteiger partial charge in [-0.05, 0) is 32.0 Å². The van der Waals surface area contributed by atoms with Gasteiger partial charge in [-0.3, -0.25) is 14.5 Å². The van der Waals surface area contributed by atoms with E-state index in [1.807, 2.05) is 18.7 Å². The first-order chi connectivity index (χ1) is 13.8. The summed E-state index contributed by atoms with van der Waals surface area (Å²) in [5.74, 6) is 1.22. The van der Waals surface area contributed by atoms with Crippen LogP contribution >= 0.6 is 0 Å². The van der Waals surface area contributed by atoms with Crippen molar-refractivity contribution >= 4 is 11.8 Å². The third kappa shape index (κ3) is 5.14. The Labute approximate surface area is 171 Å². The maximum atomic E-state index is 12.9. The van der Waals surface area contributed by atoms with Crippen molar-refractivity contribution in [3.05, 3.63) is 46.8 Å². The average Bonchev–Trinajstić information content (AvgIpc) is 3.04. The van der Waals surface area contributed by atoms with Crippen LogP contribution in [0, 0.1) is 13.8 Å². The number of hydrogen-bond donors (Lipinski definition) is 0. The molecule has 1 saturated heterocycles. The number of hydrogen-bond acceptors (Lipinski definition) is 6. The monoisotopic (exact) mass is 400 g/mol. The largest absolute Gasteiger partial charge is 0.484 e. The fourth-order valence-corrected chi connectivity index (χ4v) is 3.24. The van der Waals surface area contributed by atoms with Gasteiger partial charge in [0.2, 0.25) is 0 Å². The fourth-order valence-electron chi connectivity index (χ4n) is 3.24. The molecular formula is C21H28N4O4. The molecule has 3 rings (SSSR count). The van der Waals surface area contributed by atoms with E-state index in [9.17, 15) is 9.59 Å². The summed E-state index contributed by atoms with van der Waals surface area (Å²) >= 11 is 0. The molecule has 156 valence electrons. The molecule has 0 N–H and O–H groups in total.